The molecule has 0 nitrogen and oxygen atoms in total. The summed E-state index contributed by atoms with van der Waals surface area (Å²) in [4.78, 5) is 0. The second kappa shape index (κ2) is 5.33. The van der Waals surface area contributed by atoms with Gasteiger partial charge in [-0.3, -0.25) is 0 Å². The molecule has 0 rings (SSSR count). The molecule has 0 radical (unpaired) electrons. The molecule has 0 amide bonds. The number of halogens is 6. The van der Waals surface area contributed by atoms with E-state index in [9.17, 15) is 13.2 Å². The van der Waals surface area contributed by atoms with E-state index in [1.165, 1.54) is 6.42 Å². The first-order valence-corrected chi connectivity index (χ1v) is 3.93. The lowest BCUT2D eigenvalue weighted by atomic mass is 10.6. The molecule has 11 heavy (non-hydrogen) atoms. The van der Waals surface area contributed by atoms with Crippen LogP contribution in [-0.4, -0.2) is 9.97 Å². The summed E-state index contributed by atoms with van der Waals surface area (Å²) in [5.41, 5.74) is 0. The van der Waals surface area contributed by atoms with Crippen LogP contribution < -0.4 is 0 Å². The highest BCUT2D eigenvalue weighted by Gasteiger charge is 2.51. The van der Waals surface area contributed by atoms with Gasteiger partial charge in [0, 0.05) is 0 Å². The number of rotatable bonds is 1. The van der Waals surface area contributed by atoms with Crippen LogP contribution in [0.4, 0.5) is 13.2 Å². The van der Waals surface area contributed by atoms with Gasteiger partial charge >= 0.3 is 9.97 Å². The van der Waals surface area contributed by atoms with Gasteiger partial charge in [0.2, 0.25) is 0 Å². The van der Waals surface area contributed by atoms with Gasteiger partial charge < -0.3 is 0 Å². The van der Waals surface area contributed by atoms with Crippen LogP contribution in [0.1, 0.15) is 20.3 Å². The van der Waals surface area contributed by atoms with E-state index in [1.807, 2.05) is 0 Å². The third-order valence-electron chi connectivity index (χ3n) is 0.321. The minimum absolute atomic E-state index is 1.25. The first kappa shape index (κ1) is 14.2. The molecule has 0 fully saturated rings. The molecule has 0 saturated heterocycles. The Morgan fingerprint density at radius 3 is 1.09 bits per heavy atom. The third-order valence-corrected chi connectivity index (χ3v) is 1.25. The van der Waals surface area contributed by atoms with E-state index >= 15 is 0 Å². The van der Waals surface area contributed by atoms with Gasteiger partial charge in [0.1, 0.15) is 0 Å². The fourth-order valence-corrected chi connectivity index (χ4v) is 0. The molecular weight excluding hydrogens is 223 g/mol. The highest BCUT2D eigenvalue weighted by Crippen LogP contribution is 2.42. The molecule has 0 unspecified atom stereocenters. The average Bonchev–Trinajstić information content (AvgIpc) is 1.60. The van der Waals surface area contributed by atoms with Crippen LogP contribution >= 0.6 is 34.8 Å². The molecule has 0 aliphatic carbocycles. The maximum atomic E-state index is 11.5. The third kappa shape index (κ3) is 8.57. The Morgan fingerprint density at radius 1 is 1.00 bits per heavy atom. The summed E-state index contributed by atoms with van der Waals surface area (Å²) in [5.74, 6) is 0. The number of hydrogen-bond donors (Lipinski definition) is 0. The largest absolute Gasteiger partial charge is 0.383 e. The zero-order valence-corrected chi connectivity index (χ0v) is 8.24. The van der Waals surface area contributed by atoms with E-state index in [1.54, 1.807) is 0 Å². The van der Waals surface area contributed by atoms with Gasteiger partial charge in [-0.2, -0.15) is 13.2 Å². The standard InChI is InChI=1S/C3H8.C2Cl3F3/c1-3-2;3-1(4,6)2(5,7)8/h3H2,1-2H3;. The summed E-state index contributed by atoms with van der Waals surface area (Å²) < 4.78 is 30.6. The molecule has 0 spiro atoms. The van der Waals surface area contributed by atoms with Crippen molar-refractivity contribution in [1.82, 2.24) is 0 Å². The minimum Gasteiger partial charge on any atom is -0.199 e. The van der Waals surface area contributed by atoms with Gasteiger partial charge in [-0.25, -0.2) is 0 Å². The second-order valence-electron chi connectivity index (χ2n) is 1.70. The normalized spacial score (nSPS) is 12.0. The van der Waals surface area contributed by atoms with Gasteiger partial charge in [0.05, 0.1) is 0 Å². The smallest absolute Gasteiger partial charge is 0.199 e. The SMILES string of the molecule is CCC.FC(F)(Cl)C(F)(Cl)Cl. The lowest BCUT2D eigenvalue weighted by Gasteiger charge is -2.13. The predicted octanol–water partition coefficient (Wildman–Crippen LogP) is 4.34. The van der Waals surface area contributed by atoms with E-state index < -0.39 is 9.97 Å². The van der Waals surface area contributed by atoms with Crippen LogP contribution in [0.5, 0.6) is 0 Å². The van der Waals surface area contributed by atoms with Gasteiger partial charge in [0.15, 0.2) is 0 Å². The van der Waals surface area contributed by atoms with Crippen LogP contribution in [0.15, 0.2) is 0 Å². The fourth-order valence-electron chi connectivity index (χ4n) is 0. The van der Waals surface area contributed by atoms with Crippen LogP contribution in [0.3, 0.4) is 0 Å². The summed E-state index contributed by atoms with van der Waals surface area (Å²) in [6.07, 6.45) is 1.25. The molecular formula is C5H8Cl3F3. The van der Waals surface area contributed by atoms with Gasteiger partial charge in [-0.1, -0.05) is 43.5 Å². The van der Waals surface area contributed by atoms with Crippen molar-refractivity contribution in [1.29, 1.82) is 0 Å². The van der Waals surface area contributed by atoms with Crippen LogP contribution in [0.2, 0.25) is 0 Å². The highest BCUT2D eigenvalue weighted by atomic mass is 35.5. The molecule has 0 N–H and O–H groups in total. The van der Waals surface area contributed by atoms with Gasteiger partial charge in [0.25, 0.3) is 0 Å². The Hall–Kier alpha value is 0.660. The fraction of sp³-hybridized carbons (Fsp3) is 1.00. The molecule has 0 aromatic rings. The van der Waals surface area contributed by atoms with Gasteiger partial charge in [-0.15, -0.1) is 0 Å². The maximum Gasteiger partial charge on any atom is 0.383 e. The lowest BCUT2D eigenvalue weighted by molar-refractivity contribution is 0.0241. The summed E-state index contributed by atoms with van der Waals surface area (Å²) in [6.45, 7) is 4.25. The molecule has 0 bridgehead atoms. The van der Waals surface area contributed by atoms with Gasteiger partial charge in [-0.05, 0) is 11.6 Å². The predicted molar refractivity (Wildman–Crippen MR) is 42.3 cm³/mol. The maximum absolute atomic E-state index is 11.5. The quantitative estimate of drug-likeness (QED) is 0.589. The van der Waals surface area contributed by atoms with E-state index in [0.717, 1.165) is 0 Å². The minimum atomic E-state index is -4.23. The first-order chi connectivity index (χ1) is 4.66. The van der Waals surface area contributed by atoms with Crippen molar-refractivity contribution in [2.75, 3.05) is 0 Å². The number of alkyl halides is 6. The van der Waals surface area contributed by atoms with Crippen molar-refractivity contribution in [3.8, 4) is 0 Å². The zero-order chi connectivity index (χ0) is 9.71. The lowest BCUT2D eigenvalue weighted by Crippen LogP contribution is -2.27. The topological polar surface area (TPSA) is 0 Å². The van der Waals surface area contributed by atoms with Crippen molar-refractivity contribution in [2.45, 2.75) is 30.2 Å². The van der Waals surface area contributed by atoms with Crippen molar-refractivity contribution in [3.63, 3.8) is 0 Å². The molecule has 0 aromatic carbocycles. The monoisotopic (exact) mass is 230 g/mol. The Balaban J connectivity index is 0. The molecule has 0 saturated carbocycles. The molecule has 0 atom stereocenters. The zero-order valence-electron chi connectivity index (χ0n) is 5.97. The highest BCUT2D eigenvalue weighted by molar-refractivity contribution is 6.51. The second-order valence-corrected chi connectivity index (χ2v) is 3.41. The van der Waals surface area contributed by atoms with E-state index in [4.69, 9.17) is 0 Å². The summed E-state index contributed by atoms with van der Waals surface area (Å²) in [5, 5.41) is -4.23. The molecule has 0 heterocycles. The van der Waals surface area contributed by atoms with Crippen molar-refractivity contribution < 1.29 is 13.2 Å². The molecule has 70 valence electrons. The van der Waals surface area contributed by atoms with Crippen molar-refractivity contribution in [2.24, 2.45) is 0 Å². The summed E-state index contributed by atoms with van der Waals surface area (Å²) in [6, 6.07) is 0. The summed E-state index contributed by atoms with van der Waals surface area (Å²) in [7, 11) is 0. The molecule has 6 heteroatoms. The van der Waals surface area contributed by atoms with Crippen LogP contribution in [-0.2, 0) is 0 Å². The van der Waals surface area contributed by atoms with Crippen LogP contribution in [0, 0.1) is 0 Å². The number of hydrogen-bond acceptors (Lipinski definition) is 0. The summed E-state index contributed by atoms with van der Waals surface area (Å²) >= 11 is 12.5. The van der Waals surface area contributed by atoms with Crippen molar-refractivity contribution in [3.05, 3.63) is 0 Å². The molecule has 0 aliphatic rings. The Bertz CT molecular complexity index is 82.1. The molecule has 0 aliphatic heterocycles. The Labute approximate surface area is 78.6 Å². The Kier molecular flexibility index (Phi) is 6.88. The Morgan fingerprint density at radius 2 is 1.09 bits per heavy atom. The van der Waals surface area contributed by atoms with E-state index in [-0.39, 0.29) is 0 Å². The first-order valence-electron chi connectivity index (χ1n) is 2.80. The van der Waals surface area contributed by atoms with Crippen LogP contribution in [0.25, 0.3) is 0 Å². The van der Waals surface area contributed by atoms with E-state index in [0.29, 0.717) is 0 Å². The van der Waals surface area contributed by atoms with Crippen molar-refractivity contribution >= 4 is 34.8 Å². The average molecular weight is 231 g/mol. The molecule has 0 aromatic heterocycles. The van der Waals surface area contributed by atoms with E-state index in [2.05, 4.69) is 48.7 Å².